The first kappa shape index (κ1) is 13.3. The number of aliphatic hydroxyl groups is 1. The molecule has 4 nitrogen and oxygen atoms in total. The molecule has 2 rings (SSSR count). The molecule has 2 unspecified atom stereocenters. The van der Waals surface area contributed by atoms with E-state index in [-0.39, 0.29) is 5.75 Å². The second kappa shape index (κ2) is 5.22. The van der Waals surface area contributed by atoms with E-state index in [1.54, 1.807) is 6.07 Å². The summed E-state index contributed by atoms with van der Waals surface area (Å²) in [5.74, 6) is -0.324. The van der Waals surface area contributed by atoms with Gasteiger partial charge in [-0.25, -0.2) is 4.39 Å². The molecule has 100 valence electrons. The molecule has 5 heteroatoms. The van der Waals surface area contributed by atoms with E-state index >= 15 is 0 Å². The van der Waals surface area contributed by atoms with Crippen LogP contribution in [0.4, 0.5) is 4.39 Å². The van der Waals surface area contributed by atoms with Crippen molar-refractivity contribution in [2.24, 2.45) is 11.1 Å². The topological polar surface area (TPSA) is 64.7 Å². The fourth-order valence-corrected chi connectivity index (χ4v) is 2.32. The average molecular weight is 255 g/mol. The second-order valence-corrected chi connectivity index (χ2v) is 4.67. The molecule has 0 amide bonds. The summed E-state index contributed by atoms with van der Waals surface area (Å²) in [5, 5.41) is 10.4. The lowest BCUT2D eigenvalue weighted by atomic mass is 9.78. The first-order valence-corrected chi connectivity index (χ1v) is 5.92. The van der Waals surface area contributed by atoms with Gasteiger partial charge in [0.15, 0.2) is 11.6 Å². The molecule has 0 aromatic heterocycles. The SMILES string of the molecule is COc1ccc(C(O)C2(CN)CCOC2)cc1F. The maximum Gasteiger partial charge on any atom is 0.165 e. The summed E-state index contributed by atoms with van der Waals surface area (Å²) in [5.41, 5.74) is 5.73. The molecule has 1 saturated heterocycles. The van der Waals surface area contributed by atoms with Crippen LogP contribution in [-0.2, 0) is 4.74 Å². The molecule has 0 bridgehead atoms. The van der Waals surface area contributed by atoms with Crippen LogP contribution in [0.2, 0.25) is 0 Å². The monoisotopic (exact) mass is 255 g/mol. The fraction of sp³-hybridized carbons (Fsp3) is 0.538. The summed E-state index contributed by atoms with van der Waals surface area (Å²) in [6.45, 7) is 1.28. The minimum Gasteiger partial charge on any atom is -0.494 e. The van der Waals surface area contributed by atoms with Crippen LogP contribution in [0.15, 0.2) is 18.2 Å². The van der Waals surface area contributed by atoms with E-state index in [0.29, 0.717) is 31.7 Å². The van der Waals surface area contributed by atoms with Crippen LogP contribution >= 0.6 is 0 Å². The van der Waals surface area contributed by atoms with Crippen molar-refractivity contribution in [1.29, 1.82) is 0 Å². The molecule has 1 aromatic rings. The number of nitrogens with two attached hydrogens (primary N) is 1. The Labute approximate surface area is 106 Å². The van der Waals surface area contributed by atoms with E-state index < -0.39 is 17.3 Å². The minimum atomic E-state index is -0.828. The molecule has 2 atom stereocenters. The van der Waals surface area contributed by atoms with Gasteiger partial charge >= 0.3 is 0 Å². The summed E-state index contributed by atoms with van der Waals surface area (Å²) in [6.07, 6.45) is -0.149. The van der Waals surface area contributed by atoms with Crippen LogP contribution in [0.1, 0.15) is 18.1 Å². The highest BCUT2D eigenvalue weighted by molar-refractivity contribution is 5.31. The highest BCUT2D eigenvalue weighted by Gasteiger charge is 2.41. The van der Waals surface area contributed by atoms with Gasteiger partial charge in [0.25, 0.3) is 0 Å². The Kier molecular flexibility index (Phi) is 3.85. The van der Waals surface area contributed by atoms with Gasteiger partial charge in [0.05, 0.1) is 19.8 Å². The molecule has 1 heterocycles. The van der Waals surface area contributed by atoms with Crippen molar-refractivity contribution in [2.45, 2.75) is 12.5 Å². The van der Waals surface area contributed by atoms with Gasteiger partial charge in [0, 0.05) is 18.6 Å². The molecule has 0 saturated carbocycles. The lowest BCUT2D eigenvalue weighted by Crippen LogP contribution is -2.37. The minimum absolute atomic E-state index is 0.162. The van der Waals surface area contributed by atoms with Crippen LogP contribution in [0.25, 0.3) is 0 Å². The normalized spacial score (nSPS) is 25.1. The Morgan fingerprint density at radius 3 is 2.89 bits per heavy atom. The zero-order valence-corrected chi connectivity index (χ0v) is 10.4. The van der Waals surface area contributed by atoms with Gasteiger partial charge in [-0.1, -0.05) is 6.07 Å². The van der Waals surface area contributed by atoms with Crippen molar-refractivity contribution in [3.05, 3.63) is 29.6 Å². The van der Waals surface area contributed by atoms with E-state index in [1.165, 1.54) is 19.2 Å². The van der Waals surface area contributed by atoms with Crippen LogP contribution in [-0.4, -0.2) is 32.0 Å². The number of halogens is 1. The van der Waals surface area contributed by atoms with Crippen molar-refractivity contribution < 1.29 is 19.0 Å². The van der Waals surface area contributed by atoms with Gasteiger partial charge in [-0.15, -0.1) is 0 Å². The van der Waals surface area contributed by atoms with Crippen molar-refractivity contribution in [3.63, 3.8) is 0 Å². The Morgan fingerprint density at radius 2 is 2.39 bits per heavy atom. The third-order valence-corrected chi connectivity index (χ3v) is 3.61. The third-order valence-electron chi connectivity index (χ3n) is 3.61. The van der Waals surface area contributed by atoms with Crippen LogP contribution < -0.4 is 10.5 Å². The maximum absolute atomic E-state index is 13.6. The molecule has 0 radical (unpaired) electrons. The van der Waals surface area contributed by atoms with Crippen LogP contribution in [0.5, 0.6) is 5.75 Å². The third kappa shape index (κ3) is 2.21. The maximum atomic E-state index is 13.6. The van der Waals surface area contributed by atoms with Crippen molar-refractivity contribution >= 4 is 0 Å². The predicted molar refractivity (Wildman–Crippen MR) is 64.8 cm³/mol. The number of methoxy groups -OCH3 is 1. The molecule has 1 aliphatic rings. The van der Waals surface area contributed by atoms with Gasteiger partial charge in [-0.2, -0.15) is 0 Å². The second-order valence-electron chi connectivity index (χ2n) is 4.67. The first-order chi connectivity index (χ1) is 8.63. The number of ether oxygens (including phenoxy) is 2. The van der Waals surface area contributed by atoms with E-state index in [9.17, 15) is 9.50 Å². The summed E-state index contributed by atoms with van der Waals surface area (Å²) in [6, 6.07) is 4.45. The summed E-state index contributed by atoms with van der Waals surface area (Å²) >= 11 is 0. The Hall–Kier alpha value is -1.17. The van der Waals surface area contributed by atoms with E-state index in [2.05, 4.69) is 0 Å². The lowest BCUT2D eigenvalue weighted by molar-refractivity contribution is 0.0188. The van der Waals surface area contributed by atoms with Crippen molar-refractivity contribution in [2.75, 3.05) is 26.9 Å². The lowest BCUT2D eigenvalue weighted by Gasteiger charge is -2.31. The quantitative estimate of drug-likeness (QED) is 0.849. The molecule has 0 aliphatic carbocycles. The predicted octanol–water partition coefficient (Wildman–Crippen LogP) is 1.23. The molecule has 18 heavy (non-hydrogen) atoms. The average Bonchev–Trinajstić information content (AvgIpc) is 2.87. The number of benzene rings is 1. The number of rotatable bonds is 4. The van der Waals surface area contributed by atoms with Gasteiger partial charge in [0.1, 0.15) is 0 Å². The van der Waals surface area contributed by atoms with E-state index in [1.807, 2.05) is 0 Å². The molecule has 3 N–H and O–H groups in total. The highest BCUT2D eigenvalue weighted by Crippen LogP contribution is 2.40. The van der Waals surface area contributed by atoms with Crippen LogP contribution in [0, 0.1) is 11.2 Å². The Bertz CT molecular complexity index is 419. The number of hydrogen-bond acceptors (Lipinski definition) is 4. The standard InChI is InChI=1S/C13H18FNO3/c1-17-11-3-2-9(6-10(11)14)12(16)13(7-15)4-5-18-8-13/h2-3,6,12,16H,4-5,7-8,15H2,1H3. The molecule has 1 fully saturated rings. The highest BCUT2D eigenvalue weighted by atomic mass is 19.1. The summed E-state index contributed by atoms with van der Waals surface area (Å²) in [7, 11) is 1.40. The molecular formula is C13H18FNO3. The van der Waals surface area contributed by atoms with E-state index in [0.717, 1.165) is 0 Å². The van der Waals surface area contributed by atoms with Gasteiger partial charge in [-0.3, -0.25) is 0 Å². The molecular weight excluding hydrogens is 237 g/mol. The summed E-state index contributed by atoms with van der Waals surface area (Å²) < 4.78 is 23.8. The van der Waals surface area contributed by atoms with Gasteiger partial charge in [-0.05, 0) is 24.1 Å². The van der Waals surface area contributed by atoms with Crippen molar-refractivity contribution in [3.8, 4) is 5.75 Å². The Morgan fingerprint density at radius 1 is 1.61 bits per heavy atom. The molecule has 0 spiro atoms. The largest absolute Gasteiger partial charge is 0.494 e. The van der Waals surface area contributed by atoms with Gasteiger partial charge in [0.2, 0.25) is 0 Å². The molecule has 1 aliphatic heterocycles. The van der Waals surface area contributed by atoms with E-state index in [4.69, 9.17) is 15.2 Å². The molecule has 1 aromatic carbocycles. The van der Waals surface area contributed by atoms with Crippen molar-refractivity contribution in [1.82, 2.24) is 0 Å². The first-order valence-electron chi connectivity index (χ1n) is 5.92. The number of hydrogen-bond donors (Lipinski definition) is 2. The van der Waals surface area contributed by atoms with Crippen LogP contribution in [0.3, 0.4) is 0 Å². The van der Waals surface area contributed by atoms with Gasteiger partial charge < -0.3 is 20.3 Å². The Balaban J connectivity index is 2.27. The fourth-order valence-electron chi connectivity index (χ4n) is 2.32. The number of aliphatic hydroxyl groups excluding tert-OH is 1. The zero-order chi connectivity index (χ0) is 13.2. The summed E-state index contributed by atoms with van der Waals surface area (Å²) in [4.78, 5) is 0. The zero-order valence-electron chi connectivity index (χ0n) is 10.4. The smallest absolute Gasteiger partial charge is 0.165 e.